The Balaban J connectivity index is 1.38. The van der Waals surface area contributed by atoms with Crippen LogP contribution >= 0.6 is 0 Å². The van der Waals surface area contributed by atoms with Crippen LogP contribution in [0.15, 0.2) is 48.5 Å². The number of para-hydroxylation sites is 1. The van der Waals surface area contributed by atoms with Crippen LogP contribution in [0.3, 0.4) is 0 Å². The molecule has 1 aliphatic rings. The summed E-state index contributed by atoms with van der Waals surface area (Å²) in [7, 11) is 1.83. The van der Waals surface area contributed by atoms with Crippen molar-refractivity contribution in [2.45, 2.75) is 32.4 Å². The van der Waals surface area contributed by atoms with Crippen LogP contribution in [0.5, 0.6) is 0 Å². The van der Waals surface area contributed by atoms with Gasteiger partial charge >= 0.3 is 0 Å². The van der Waals surface area contributed by atoms with E-state index in [1.54, 1.807) is 9.58 Å². The molecule has 0 spiro atoms. The van der Waals surface area contributed by atoms with Gasteiger partial charge in [-0.2, -0.15) is 0 Å². The van der Waals surface area contributed by atoms with Crippen LogP contribution in [0.2, 0.25) is 0 Å². The summed E-state index contributed by atoms with van der Waals surface area (Å²) in [6.45, 7) is 3.07. The van der Waals surface area contributed by atoms with Gasteiger partial charge in [-0.1, -0.05) is 29.5 Å². The zero-order chi connectivity index (χ0) is 18.6. The number of fused-ring (bicyclic) bond motifs is 1. The van der Waals surface area contributed by atoms with Gasteiger partial charge in [0.2, 0.25) is 5.91 Å². The molecule has 1 amide bonds. The van der Waals surface area contributed by atoms with Gasteiger partial charge in [-0.3, -0.25) is 4.79 Å². The molecule has 0 saturated carbocycles. The number of carbonyl (C=O) groups is 1. The number of rotatable bonds is 5. The minimum Gasteiger partial charge on any atom is -0.372 e. The van der Waals surface area contributed by atoms with Gasteiger partial charge in [-0.25, -0.2) is 4.68 Å². The largest absolute Gasteiger partial charge is 0.372 e. The van der Waals surface area contributed by atoms with Crippen molar-refractivity contribution in [3.63, 3.8) is 0 Å². The fourth-order valence-corrected chi connectivity index (χ4v) is 3.61. The van der Waals surface area contributed by atoms with Gasteiger partial charge in [-0.15, -0.1) is 5.10 Å². The maximum absolute atomic E-state index is 12.6. The van der Waals surface area contributed by atoms with E-state index in [4.69, 9.17) is 0 Å². The van der Waals surface area contributed by atoms with Crippen molar-refractivity contribution in [2.75, 3.05) is 25.0 Å². The molecule has 2 heterocycles. The maximum Gasteiger partial charge on any atom is 0.244 e. The van der Waals surface area contributed by atoms with Crippen molar-refractivity contribution in [2.24, 2.45) is 0 Å². The first-order valence-electron chi connectivity index (χ1n) is 9.57. The Labute approximate surface area is 159 Å². The minimum absolute atomic E-state index is 0.0192. The maximum atomic E-state index is 12.6. The van der Waals surface area contributed by atoms with E-state index in [9.17, 15) is 4.79 Å². The van der Waals surface area contributed by atoms with Gasteiger partial charge < -0.3 is 9.80 Å². The molecule has 0 bridgehead atoms. The smallest absolute Gasteiger partial charge is 0.244 e. The average molecular weight is 363 g/mol. The molecule has 1 saturated heterocycles. The third kappa shape index (κ3) is 3.94. The number of piperidine rings is 1. The van der Waals surface area contributed by atoms with Gasteiger partial charge in [0, 0.05) is 32.4 Å². The van der Waals surface area contributed by atoms with Crippen LogP contribution in [-0.4, -0.2) is 45.9 Å². The van der Waals surface area contributed by atoms with E-state index in [0.29, 0.717) is 6.54 Å². The molecule has 2 aromatic carbocycles. The lowest BCUT2D eigenvalue weighted by molar-refractivity contribution is -0.131. The van der Waals surface area contributed by atoms with E-state index >= 15 is 0 Å². The summed E-state index contributed by atoms with van der Waals surface area (Å²) < 4.78 is 1.66. The second kappa shape index (κ2) is 7.78. The molecule has 0 unspecified atom stereocenters. The summed E-state index contributed by atoms with van der Waals surface area (Å²) in [5.41, 5.74) is 4.10. The number of hydrogen-bond acceptors (Lipinski definition) is 4. The van der Waals surface area contributed by atoms with Crippen molar-refractivity contribution in [1.29, 1.82) is 0 Å². The molecule has 3 aromatic rings. The van der Waals surface area contributed by atoms with Gasteiger partial charge in [0.05, 0.1) is 5.52 Å². The molecule has 1 fully saturated rings. The lowest BCUT2D eigenvalue weighted by Crippen LogP contribution is -2.30. The Morgan fingerprint density at radius 2 is 1.78 bits per heavy atom. The highest BCUT2D eigenvalue weighted by molar-refractivity contribution is 5.79. The number of carbonyl (C=O) groups excluding carboxylic acids is 1. The van der Waals surface area contributed by atoms with E-state index < -0.39 is 0 Å². The number of benzene rings is 2. The van der Waals surface area contributed by atoms with Crippen LogP contribution in [-0.2, 0) is 17.9 Å². The first kappa shape index (κ1) is 17.5. The molecular formula is C21H25N5O. The zero-order valence-corrected chi connectivity index (χ0v) is 15.7. The summed E-state index contributed by atoms with van der Waals surface area (Å²) in [6.07, 6.45) is 3.88. The number of amides is 1. The topological polar surface area (TPSA) is 54.3 Å². The van der Waals surface area contributed by atoms with E-state index in [1.165, 1.54) is 24.9 Å². The van der Waals surface area contributed by atoms with Gasteiger partial charge in [0.1, 0.15) is 12.1 Å². The number of likely N-dealkylation sites (N-methyl/N-ethyl adjacent to an activating group) is 1. The summed E-state index contributed by atoms with van der Waals surface area (Å²) in [5, 5.41) is 8.21. The molecular weight excluding hydrogens is 338 g/mol. The van der Waals surface area contributed by atoms with Crippen LogP contribution in [0, 0.1) is 0 Å². The molecule has 0 atom stereocenters. The van der Waals surface area contributed by atoms with Crippen LogP contribution in [0.1, 0.15) is 24.8 Å². The number of anilines is 1. The third-order valence-electron chi connectivity index (χ3n) is 5.21. The molecule has 0 N–H and O–H groups in total. The fourth-order valence-electron chi connectivity index (χ4n) is 3.61. The molecule has 6 heteroatoms. The average Bonchev–Trinajstić information content (AvgIpc) is 3.12. The lowest BCUT2D eigenvalue weighted by Gasteiger charge is -2.29. The van der Waals surface area contributed by atoms with E-state index in [-0.39, 0.29) is 12.5 Å². The molecule has 27 heavy (non-hydrogen) atoms. The highest BCUT2D eigenvalue weighted by Gasteiger charge is 2.14. The van der Waals surface area contributed by atoms with Crippen LogP contribution < -0.4 is 4.90 Å². The standard InChI is InChI=1S/C21H25N5O/c1-24(21(27)16-26-20-8-4-3-7-19(20)22-23-26)15-17-9-11-18(12-10-17)25-13-5-2-6-14-25/h3-4,7-12H,2,5-6,13-16H2,1H3. The van der Waals surface area contributed by atoms with E-state index in [0.717, 1.165) is 29.7 Å². The van der Waals surface area contributed by atoms with E-state index in [1.807, 2.05) is 31.3 Å². The number of nitrogens with zero attached hydrogens (tertiary/aromatic N) is 5. The first-order chi connectivity index (χ1) is 13.2. The molecule has 1 aliphatic heterocycles. The SMILES string of the molecule is CN(Cc1ccc(N2CCCCC2)cc1)C(=O)Cn1nnc2ccccc21. The predicted molar refractivity (Wildman–Crippen MR) is 107 cm³/mol. The van der Waals surface area contributed by atoms with Gasteiger partial charge in [-0.05, 0) is 49.1 Å². The molecule has 1 aromatic heterocycles. The summed E-state index contributed by atoms with van der Waals surface area (Å²) in [5.74, 6) is 0.0192. The Bertz CT molecular complexity index is 912. The Hall–Kier alpha value is -2.89. The van der Waals surface area contributed by atoms with Crippen LogP contribution in [0.4, 0.5) is 5.69 Å². The van der Waals surface area contributed by atoms with Crippen LogP contribution in [0.25, 0.3) is 11.0 Å². The Kier molecular flexibility index (Phi) is 5.05. The molecule has 0 radical (unpaired) electrons. The monoisotopic (exact) mass is 363 g/mol. The quantitative estimate of drug-likeness (QED) is 0.699. The molecule has 6 nitrogen and oxygen atoms in total. The summed E-state index contributed by atoms with van der Waals surface area (Å²) >= 11 is 0. The second-order valence-corrected chi connectivity index (χ2v) is 7.20. The fraction of sp³-hybridized carbons (Fsp3) is 0.381. The van der Waals surface area contributed by atoms with Crippen molar-refractivity contribution in [1.82, 2.24) is 19.9 Å². The van der Waals surface area contributed by atoms with Crippen molar-refractivity contribution in [3.05, 3.63) is 54.1 Å². The number of hydrogen-bond donors (Lipinski definition) is 0. The lowest BCUT2D eigenvalue weighted by atomic mass is 10.1. The number of aromatic nitrogens is 3. The van der Waals surface area contributed by atoms with Gasteiger partial charge in [0.15, 0.2) is 0 Å². The summed E-state index contributed by atoms with van der Waals surface area (Å²) in [6, 6.07) is 16.3. The minimum atomic E-state index is 0.0192. The highest BCUT2D eigenvalue weighted by Crippen LogP contribution is 2.20. The second-order valence-electron chi connectivity index (χ2n) is 7.20. The molecule has 0 aliphatic carbocycles. The highest BCUT2D eigenvalue weighted by atomic mass is 16.2. The predicted octanol–water partition coefficient (Wildman–Crippen LogP) is 3.08. The van der Waals surface area contributed by atoms with Crippen molar-refractivity contribution in [3.8, 4) is 0 Å². The molecule has 140 valence electrons. The van der Waals surface area contributed by atoms with E-state index in [2.05, 4.69) is 39.5 Å². The zero-order valence-electron chi connectivity index (χ0n) is 15.7. The normalized spacial score (nSPS) is 14.5. The molecule has 4 rings (SSSR count). The third-order valence-corrected chi connectivity index (χ3v) is 5.21. The van der Waals surface area contributed by atoms with Crippen molar-refractivity contribution < 1.29 is 4.79 Å². The van der Waals surface area contributed by atoms with Crippen molar-refractivity contribution >= 4 is 22.6 Å². The Morgan fingerprint density at radius 3 is 2.56 bits per heavy atom. The summed E-state index contributed by atoms with van der Waals surface area (Å²) in [4.78, 5) is 16.8. The Morgan fingerprint density at radius 1 is 1.04 bits per heavy atom. The first-order valence-corrected chi connectivity index (χ1v) is 9.57. The van der Waals surface area contributed by atoms with Gasteiger partial charge in [0.25, 0.3) is 0 Å².